The fraction of sp³-hybridized carbons (Fsp3) is 1.00. The minimum absolute atomic E-state index is 0.833. The van der Waals surface area contributed by atoms with Gasteiger partial charge in [-0.3, -0.25) is 0 Å². The van der Waals surface area contributed by atoms with E-state index in [0.29, 0.717) is 0 Å². The third-order valence-electron chi connectivity index (χ3n) is 4.55. The van der Waals surface area contributed by atoms with Crippen molar-refractivity contribution in [2.24, 2.45) is 11.8 Å². The largest absolute Gasteiger partial charge is 0.314 e. The molecule has 1 aliphatic rings. The molecular weight excluding hydrogens is 218 g/mol. The van der Waals surface area contributed by atoms with Crippen LogP contribution in [-0.4, -0.2) is 12.6 Å². The maximum absolute atomic E-state index is 3.82. The van der Waals surface area contributed by atoms with E-state index in [9.17, 15) is 0 Å². The molecule has 1 heteroatoms. The average Bonchev–Trinajstić information content (AvgIpc) is 2.37. The predicted molar refractivity (Wildman–Crippen MR) is 82.0 cm³/mol. The van der Waals surface area contributed by atoms with E-state index in [1.807, 2.05) is 0 Å². The molecular formula is C17H35N. The van der Waals surface area contributed by atoms with Gasteiger partial charge in [0, 0.05) is 6.04 Å². The van der Waals surface area contributed by atoms with Gasteiger partial charge in [-0.15, -0.1) is 0 Å². The lowest BCUT2D eigenvalue weighted by Gasteiger charge is -2.31. The highest BCUT2D eigenvalue weighted by molar-refractivity contribution is 4.79. The van der Waals surface area contributed by atoms with Crippen LogP contribution in [0.3, 0.4) is 0 Å². The van der Waals surface area contributed by atoms with Crippen LogP contribution in [0.4, 0.5) is 0 Å². The Morgan fingerprint density at radius 1 is 1.00 bits per heavy atom. The van der Waals surface area contributed by atoms with Crippen LogP contribution < -0.4 is 5.32 Å². The van der Waals surface area contributed by atoms with Gasteiger partial charge in [0.2, 0.25) is 0 Å². The lowest BCUT2D eigenvalue weighted by Crippen LogP contribution is -2.38. The Morgan fingerprint density at radius 3 is 2.44 bits per heavy atom. The van der Waals surface area contributed by atoms with Crippen LogP contribution in [0.1, 0.15) is 85.0 Å². The van der Waals surface area contributed by atoms with Gasteiger partial charge in [-0.1, -0.05) is 65.7 Å². The summed E-state index contributed by atoms with van der Waals surface area (Å²) in [5, 5.41) is 3.82. The highest BCUT2D eigenvalue weighted by Gasteiger charge is 2.22. The van der Waals surface area contributed by atoms with Gasteiger partial charge in [0.1, 0.15) is 0 Å². The smallest absolute Gasteiger partial charge is 0.00952 e. The molecule has 1 nitrogen and oxygen atoms in total. The lowest BCUT2D eigenvalue weighted by molar-refractivity contribution is 0.255. The number of hydrogen-bond donors (Lipinski definition) is 1. The fourth-order valence-electron chi connectivity index (χ4n) is 3.28. The molecule has 1 N–H and O–H groups in total. The minimum atomic E-state index is 0.833. The molecule has 0 aromatic rings. The molecule has 0 amide bonds. The standard InChI is InChI=1S/C17H35N/c1-4-16-12-8-9-13-17(16)18-14-10-6-5-7-11-15(2)3/h15-18H,4-14H2,1-3H3. The van der Waals surface area contributed by atoms with Crippen molar-refractivity contribution in [2.75, 3.05) is 6.54 Å². The fourth-order valence-corrected chi connectivity index (χ4v) is 3.28. The van der Waals surface area contributed by atoms with E-state index >= 15 is 0 Å². The van der Waals surface area contributed by atoms with E-state index in [2.05, 4.69) is 26.1 Å². The zero-order chi connectivity index (χ0) is 13.2. The molecule has 0 spiro atoms. The Morgan fingerprint density at radius 2 is 1.72 bits per heavy atom. The summed E-state index contributed by atoms with van der Waals surface area (Å²) >= 11 is 0. The zero-order valence-electron chi connectivity index (χ0n) is 13.0. The van der Waals surface area contributed by atoms with E-state index in [0.717, 1.165) is 17.9 Å². The van der Waals surface area contributed by atoms with Gasteiger partial charge in [0.15, 0.2) is 0 Å². The van der Waals surface area contributed by atoms with E-state index < -0.39 is 0 Å². The minimum Gasteiger partial charge on any atom is -0.314 e. The summed E-state index contributed by atoms with van der Waals surface area (Å²) in [6, 6.07) is 0.833. The monoisotopic (exact) mass is 253 g/mol. The molecule has 0 aliphatic heterocycles. The second-order valence-electron chi connectivity index (χ2n) is 6.61. The molecule has 18 heavy (non-hydrogen) atoms. The molecule has 0 heterocycles. The molecule has 1 aliphatic carbocycles. The van der Waals surface area contributed by atoms with Crippen molar-refractivity contribution in [2.45, 2.75) is 91.0 Å². The molecule has 2 unspecified atom stereocenters. The topological polar surface area (TPSA) is 12.0 Å². The van der Waals surface area contributed by atoms with E-state index in [1.165, 1.54) is 70.8 Å². The summed E-state index contributed by atoms with van der Waals surface area (Å²) in [6.45, 7) is 8.27. The quantitative estimate of drug-likeness (QED) is 0.560. The van der Waals surface area contributed by atoms with Crippen molar-refractivity contribution in [1.29, 1.82) is 0 Å². The average molecular weight is 253 g/mol. The van der Waals surface area contributed by atoms with Crippen LogP contribution in [-0.2, 0) is 0 Å². The van der Waals surface area contributed by atoms with Gasteiger partial charge in [-0.05, 0) is 37.6 Å². The molecule has 0 aromatic heterocycles. The third kappa shape index (κ3) is 6.78. The summed E-state index contributed by atoms with van der Waals surface area (Å²) < 4.78 is 0. The van der Waals surface area contributed by atoms with Crippen LogP contribution in [0.15, 0.2) is 0 Å². The second-order valence-corrected chi connectivity index (χ2v) is 6.61. The Bertz CT molecular complexity index is 188. The Kier molecular flexibility index (Phi) is 8.75. The van der Waals surface area contributed by atoms with Crippen molar-refractivity contribution >= 4 is 0 Å². The summed E-state index contributed by atoms with van der Waals surface area (Å²) in [4.78, 5) is 0. The summed E-state index contributed by atoms with van der Waals surface area (Å²) in [6.07, 6.45) is 14.2. The van der Waals surface area contributed by atoms with Crippen LogP contribution in [0.25, 0.3) is 0 Å². The van der Waals surface area contributed by atoms with Gasteiger partial charge in [-0.2, -0.15) is 0 Å². The highest BCUT2D eigenvalue weighted by atomic mass is 14.9. The van der Waals surface area contributed by atoms with Crippen LogP contribution in [0, 0.1) is 11.8 Å². The first kappa shape index (κ1) is 16.0. The first-order valence-electron chi connectivity index (χ1n) is 8.47. The predicted octanol–water partition coefficient (Wildman–Crippen LogP) is 5.15. The van der Waals surface area contributed by atoms with Crippen molar-refractivity contribution < 1.29 is 0 Å². The van der Waals surface area contributed by atoms with Gasteiger partial charge in [0.25, 0.3) is 0 Å². The van der Waals surface area contributed by atoms with Gasteiger partial charge in [-0.25, -0.2) is 0 Å². The molecule has 1 rings (SSSR count). The second kappa shape index (κ2) is 9.83. The molecule has 0 aromatic carbocycles. The Labute approximate surface area is 115 Å². The van der Waals surface area contributed by atoms with Crippen LogP contribution >= 0.6 is 0 Å². The van der Waals surface area contributed by atoms with Crippen LogP contribution in [0.2, 0.25) is 0 Å². The lowest BCUT2D eigenvalue weighted by atomic mass is 9.83. The third-order valence-corrected chi connectivity index (χ3v) is 4.55. The Balaban J connectivity index is 1.96. The normalized spacial score (nSPS) is 24.7. The van der Waals surface area contributed by atoms with Crippen molar-refractivity contribution in [3.63, 3.8) is 0 Å². The molecule has 1 fully saturated rings. The number of hydrogen-bond acceptors (Lipinski definition) is 1. The first-order valence-corrected chi connectivity index (χ1v) is 8.47. The van der Waals surface area contributed by atoms with Gasteiger partial charge >= 0.3 is 0 Å². The molecule has 0 radical (unpaired) electrons. The maximum atomic E-state index is 3.82. The molecule has 0 saturated heterocycles. The van der Waals surface area contributed by atoms with Crippen LogP contribution in [0.5, 0.6) is 0 Å². The first-order chi connectivity index (χ1) is 8.74. The zero-order valence-corrected chi connectivity index (χ0v) is 13.0. The van der Waals surface area contributed by atoms with Crippen molar-refractivity contribution in [3.8, 4) is 0 Å². The van der Waals surface area contributed by atoms with E-state index in [-0.39, 0.29) is 0 Å². The Hall–Kier alpha value is -0.0400. The van der Waals surface area contributed by atoms with Crippen molar-refractivity contribution in [3.05, 3.63) is 0 Å². The van der Waals surface area contributed by atoms with E-state index in [1.54, 1.807) is 0 Å². The van der Waals surface area contributed by atoms with Gasteiger partial charge in [0.05, 0.1) is 0 Å². The maximum Gasteiger partial charge on any atom is 0.00952 e. The highest BCUT2D eigenvalue weighted by Crippen LogP contribution is 2.26. The van der Waals surface area contributed by atoms with E-state index in [4.69, 9.17) is 0 Å². The number of nitrogens with one attached hydrogen (secondary N) is 1. The number of unbranched alkanes of at least 4 members (excludes halogenated alkanes) is 3. The molecule has 108 valence electrons. The number of rotatable bonds is 9. The summed E-state index contributed by atoms with van der Waals surface area (Å²) in [5.41, 5.74) is 0. The summed E-state index contributed by atoms with van der Waals surface area (Å²) in [5.74, 6) is 1.84. The molecule has 1 saturated carbocycles. The van der Waals surface area contributed by atoms with Crippen molar-refractivity contribution in [1.82, 2.24) is 5.32 Å². The summed E-state index contributed by atoms with van der Waals surface area (Å²) in [7, 11) is 0. The van der Waals surface area contributed by atoms with Gasteiger partial charge < -0.3 is 5.32 Å². The SMILES string of the molecule is CCC1CCCCC1NCCCCCCC(C)C. The molecule has 2 atom stereocenters. The molecule has 0 bridgehead atoms.